The van der Waals surface area contributed by atoms with E-state index in [0.29, 0.717) is 28.3 Å². The number of aromatic nitrogens is 1. The van der Waals surface area contributed by atoms with Gasteiger partial charge < -0.3 is 27.8 Å². The van der Waals surface area contributed by atoms with Gasteiger partial charge in [0.05, 0.1) is 31.9 Å². The predicted octanol–water partition coefficient (Wildman–Crippen LogP) is 8.23. The van der Waals surface area contributed by atoms with Crippen LogP contribution in [0.4, 0.5) is 0 Å². The molecule has 0 bridgehead atoms. The first kappa shape index (κ1) is 27.5. The zero-order chi connectivity index (χ0) is 29.9. The quantitative estimate of drug-likeness (QED) is 0.182. The van der Waals surface area contributed by atoms with E-state index in [-0.39, 0.29) is 12.2 Å². The lowest BCUT2D eigenvalue weighted by Crippen LogP contribution is -2.07. The Morgan fingerprint density at radius 1 is 0.714 bits per heavy atom. The minimum atomic E-state index is -0.422. The molecule has 0 unspecified atom stereocenters. The molecule has 3 aromatic carbocycles. The zero-order valence-corrected chi connectivity index (χ0v) is 25.2. The Bertz CT molecular complexity index is 2060. The van der Waals surface area contributed by atoms with E-state index >= 15 is 0 Å². The van der Waals surface area contributed by atoms with Gasteiger partial charge in [0.1, 0.15) is 22.6 Å². The summed E-state index contributed by atoms with van der Waals surface area (Å²) in [5.41, 5.74) is 5.26. The molecule has 0 N–H and O–H groups in total. The van der Waals surface area contributed by atoms with Crippen molar-refractivity contribution in [1.29, 1.82) is 0 Å². The van der Waals surface area contributed by atoms with E-state index in [1.54, 1.807) is 14.2 Å². The molecule has 3 aromatic heterocycles. The highest BCUT2D eigenvalue weighted by Gasteiger charge is 2.24. The smallest absolute Gasteiger partial charge is 0.361 e. The second-order valence-electron chi connectivity index (χ2n) is 11.2. The van der Waals surface area contributed by atoms with E-state index in [2.05, 4.69) is 18.2 Å². The Morgan fingerprint density at radius 3 is 2.05 bits per heavy atom. The average molecular weight is 566 g/mol. The second-order valence-corrected chi connectivity index (χ2v) is 11.2. The molecule has 0 fully saturated rings. The third kappa shape index (κ3) is 4.40. The lowest BCUT2D eigenvalue weighted by atomic mass is 9.96. The van der Waals surface area contributed by atoms with Gasteiger partial charge in [0.25, 0.3) is 0 Å². The SMILES string of the molecule is COc1cc2ccn3c(c(-c4ccc(OC(C)C)c(C)c4)c4c5cc(C)c(OC(C)C)cc5oc(=O)c43)c2cc1OC. The molecule has 7 nitrogen and oxygen atoms in total. The summed E-state index contributed by atoms with van der Waals surface area (Å²) in [6.07, 6.45) is 1.96. The molecule has 7 heteroatoms. The molecule has 3 heterocycles. The summed E-state index contributed by atoms with van der Waals surface area (Å²) >= 11 is 0. The molecule has 6 rings (SSSR count). The number of hydrogen-bond donors (Lipinski definition) is 0. The van der Waals surface area contributed by atoms with Gasteiger partial charge in [0.15, 0.2) is 11.5 Å². The number of nitrogens with zero attached hydrogens (tertiary/aromatic N) is 1. The molecular weight excluding hydrogens is 530 g/mol. The molecule has 0 atom stereocenters. The van der Waals surface area contributed by atoms with Crippen molar-refractivity contribution in [2.45, 2.75) is 53.8 Å². The average Bonchev–Trinajstić information content (AvgIpc) is 3.30. The number of methoxy groups -OCH3 is 2. The molecule has 42 heavy (non-hydrogen) atoms. The van der Waals surface area contributed by atoms with E-state index < -0.39 is 5.63 Å². The maximum Gasteiger partial charge on any atom is 0.361 e. The summed E-state index contributed by atoms with van der Waals surface area (Å²) in [7, 11) is 3.25. The minimum Gasteiger partial charge on any atom is -0.493 e. The summed E-state index contributed by atoms with van der Waals surface area (Å²) in [4.78, 5) is 13.8. The van der Waals surface area contributed by atoms with E-state index in [0.717, 1.165) is 55.1 Å². The molecule has 216 valence electrons. The van der Waals surface area contributed by atoms with Crippen molar-refractivity contribution >= 4 is 38.2 Å². The van der Waals surface area contributed by atoms with Gasteiger partial charge in [-0.1, -0.05) is 6.07 Å². The van der Waals surface area contributed by atoms with Crippen LogP contribution in [0.2, 0.25) is 0 Å². The first-order valence-electron chi connectivity index (χ1n) is 14.2. The molecule has 6 aromatic rings. The van der Waals surface area contributed by atoms with Crippen LogP contribution in [-0.2, 0) is 0 Å². The van der Waals surface area contributed by atoms with Gasteiger partial charge in [0.2, 0.25) is 0 Å². The molecule has 0 radical (unpaired) electrons. The van der Waals surface area contributed by atoms with Crippen LogP contribution in [0.3, 0.4) is 0 Å². The number of pyridine rings is 1. The van der Waals surface area contributed by atoms with Crippen molar-refractivity contribution in [3.8, 4) is 34.1 Å². The van der Waals surface area contributed by atoms with Gasteiger partial charge in [-0.15, -0.1) is 0 Å². The molecule has 0 saturated carbocycles. The number of hydrogen-bond acceptors (Lipinski definition) is 6. The Hall–Kier alpha value is -4.65. The molecule has 0 spiro atoms. The highest BCUT2D eigenvalue weighted by molar-refractivity contribution is 6.21. The van der Waals surface area contributed by atoms with Gasteiger partial charge in [-0.05, 0) is 100 Å². The molecule has 0 aliphatic heterocycles. The minimum absolute atomic E-state index is 0.0166. The number of benzene rings is 3. The van der Waals surface area contributed by atoms with Crippen LogP contribution >= 0.6 is 0 Å². The Morgan fingerprint density at radius 2 is 1.38 bits per heavy atom. The Balaban J connectivity index is 1.82. The van der Waals surface area contributed by atoms with Crippen LogP contribution < -0.4 is 24.6 Å². The Labute approximate surface area is 244 Å². The highest BCUT2D eigenvalue weighted by Crippen LogP contribution is 2.44. The van der Waals surface area contributed by atoms with Gasteiger partial charge in [-0.25, -0.2) is 4.79 Å². The Kier molecular flexibility index (Phi) is 6.76. The number of rotatable bonds is 7. The van der Waals surface area contributed by atoms with E-state index in [4.69, 9.17) is 23.4 Å². The summed E-state index contributed by atoms with van der Waals surface area (Å²) in [5.74, 6) is 2.76. The fraction of sp³-hybridized carbons (Fsp3) is 0.286. The van der Waals surface area contributed by atoms with Gasteiger partial charge in [0, 0.05) is 34.0 Å². The van der Waals surface area contributed by atoms with Crippen molar-refractivity contribution in [2.24, 2.45) is 0 Å². The maximum absolute atomic E-state index is 13.8. The molecular formula is C35H35NO6. The van der Waals surface area contributed by atoms with Crippen LogP contribution in [-0.4, -0.2) is 30.8 Å². The zero-order valence-electron chi connectivity index (χ0n) is 25.2. The largest absolute Gasteiger partial charge is 0.493 e. The third-order valence-corrected chi connectivity index (χ3v) is 7.55. The topological polar surface area (TPSA) is 71.5 Å². The number of aryl methyl sites for hydroxylation is 2. The summed E-state index contributed by atoms with van der Waals surface area (Å²) < 4.78 is 31.3. The van der Waals surface area contributed by atoms with E-state index in [1.807, 2.05) is 82.5 Å². The van der Waals surface area contributed by atoms with E-state index in [9.17, 15) is 4.79 Å². The monoisotopic (exact) mass is 565 g/mol. The van der Waals surface area contributed by atoms with Crippen molar-refractivity contribution in [3.05, 3.63) is 76.3 Å². The molecule has 0 aliphatic carbocycles. The lowest BCUT2D eigenvalue weighted by molar-refractivity contribution is 0.240. The van der Waals surface area contributed by atoms with Crippen LogP contribution in [0, 0.1) is 13.8 Å². The second kappa shape index (κ2) is 10.3. The van der Waals surface area contributed by atoms with Crippen molar-refractivity contribution in [2.75, 3.05) is 14.2 Å². The summed E-state index contributed by atoms with van der Waals surface area (Å²) in [6, 6.07) is 16.0. The molecule has 0 aliphatic rings. The number of ether oxygens (including phenoxy) is 4. The summed E-state index contributed by atoms with van der Waals surface area (Å²) in [5, 5.41) is 3.54. The van der Waals surface area contributed by atoms with Crippen LogP contribution in [0.1, 0.15) is 38.8 Å². The maximum atomic E-state index is 13.8. The van der Waals surface area contributed by atoms with Crippen molar-refractivity contribution in [3.63, 3.8) is 0 Å². The highest BCUT2D eigenvalue weighted by atomic mass is 16.5. The first-order chi connectivity index (χ1) is 20.1. The van der Waals surface area contributed by atoms with Crippen molar-refractivity contribution in [1.82, 2.24) is 4.40 Å². The third-order valence-electron chi connectivity index (χ3n) is 7.55. The normalized spacial score (nSPS) is 11.9. The number of fused-ring (bicyclic) bond motifs is 7. The van der Waals surface area contributed by atoms with Crippen LogP contribution in [0.25, 0.3) is 49.3 Å². The molecule has 0 amide bonds. The van der Waals surface area contributed by atoms with Gasteiger partial charge in [-0.2, -0.15) is 0 Å². The van der Waals surface area contributed by atoms with Gasteiger partial charge >= 0.3 is 5.63 Å². The van der Waals surface area contributed by atoms with E-state index in [1.165, 1.54) is 0 Å². The molecule has 0 saturated heterocycles. The first-order valence-corrected chi connectivity index (χ1v) is 14.2. The summed E-state index contributed by atoms with van der Waals surface area (Å²) in [6.45, 7) is 12.0. The fourth-order valence-corrected chi connectivity index (χ4v) is 5.81. The van der Waals surface area contributed by atoms with Crippen molar-refractivity contribution < 1.29 is 23.4 Å². The van der Waals surface area contributed by atoms with Gasteiger partial charge in [-0.3, -0.25) is 0 Å². The lowest BCUT2D eigenvalue weighted by Gasteiger charge is -2.15. The van der Waals surface area contributed by atoms with Crippen LogP contribution in [0.5, 0.6) is 23.0 Å². The standard InChI is InChI=1S/C35H35NO6/c1-18(2)40-26-10-9-23(13-20(26)5)31-32-25-14-21(6)27(41-19(3)4)17-28(25)42-35(37)34(32)36-12-11-22-15-29(38-7)30(39-8)16-24(22)33(31)36/h9-19H,1-8H3. The van der Waals surface area contributed by atoms with Crippen LogP contribution in [0.15, 0.2) is 63.9 Å². The predicted molar refractivity (Wildman–Crippen MR) is 168 cm³/mol. The fourth-order valence-electron chi connectivity index (χ4n) is 5.81.